The Balaban J connectivity index is 0.000000107. The molecule has 0 spiro atoms. The number of benzene rings is 20. The summed E-state index contributed by atoms with van der Waals surface area (Å²) in [6, 6.07) is 170. The van der Waals surface area contributed by atoms with Gasteiger partial charge in [0.05, 0.1) is 33.1 Å². The third-order valence-corrected chi connectivity index (χ3v) is 29.4. The van der Waals surface area contributed by atoms with Gasteiger partial charge in [-0.2, -0.15) is 0 Å². The van der Waals surface area contributed by atoms with Crippen LogP contribution in [0.1, 0.15) is 0 Å². The van der Waals surface area contributed by atoms with Crippen molar-refractivity contribution in [2.75, 3.05) is 0 Å². The van der Waals surface area contributed by atoms with Crippen LogP contribution in [0.2, 0.25) is 0 Å². The largest absolute Gasteiger partial charge is 0.309 e. The standard InChI is InChI=1S/C48H31NS.C39H24N4S.C36H23NS/c1-3-13-32(14-4-1)34-17-11-19-36(25-34)38-27-39(37-20-12-18-35(26-37)33-15-5-2-6-16-33)29-40(28-38)49-45-23-9-7-21-41(45)43-30-44-42-22-8-10-24-47(42)50-48(44)31-46(43)49;1-3-12-25(13-4-1)37-40-38(26-14-5-2-6-15-26)42-39(41-37)27-16-11-17-28(24-27)43-32-20-9-7-19-31(32)35-33(43)23-22-30-29-18-8-10-21-34(29)44-36(30)35;1-2-8-24(9-3-1)25-14-16-26(17-15-25)27-18-20-28(21-19-27)37-32-12-6-4-11-31(32)35-33(37)23-22-30-29-10-5-7-13-34(29)38-36(30)35/h1-31H;1-24H;1-23H. The molecule has 0 fully saturated rings. The average Bonchev–Trinajstić information content (AvgIpc) is 1.57. The van der Waals surface area contributed by atoms with Crippen LogP contribution in [0.3, 0.4) is 0 Å². The maximum absolute atomic E-state index is 4.98. The maximum atomic E-state index is 4.98. The van der Waals surface area contributed by atoms with Crippen LogP contribution >= 0.6 is 34.0 Å². The van der Waals surface area contributed by atoms with Gasteiger partial charge in [-0.25, -0.2) is 15.0 Å². The number of rotatable bonds is 12. The fourth-order valence-electron chi connectivity index (χ4n) is 19.6. The summed E-state index contributed by atoms with van der Waals surface area (Å²) in [5.41, 5.74) is 28.1. The van der Waals surface area contributed by atoms with Gasteiger partial charge in [-0.05, 0) is 182 Å². The Morgan fingerprint density at radius 1 is 0.144 bits per heavy atom. The summed E-state index contributed by atoms with van der Waals surface area (Å²) < 4.78 is 15.2. The summed E-state index contributed by atoms with van der Waals surface area (Å²) in [6.07, 6.45) is 0. The Kier molecular flexibility index (Phi) is 19.4. The first-order chi connectivity index (χ1) is 65.4. The summed E-state index contributed by atoms with van der Waals surface area (Å²) in [5.74, 6) is 1.96. The minimum atomic E-state index is 0.646. The molecule has 27 rings (SSSR count). The highest BCUT2D eigenvalue weighted by atomic mass is 32.1. The number of nitrogens with zero attached hydrogens (tertiary/aromatic N) is 6. The van der Waals surface area contributed by atoms with Crippen molar-refractivity contribution in [1.29, 1.82) is 0 Å². The molecular weight excluding hydrogens is 1660 g/mol. The van der Waals surface area contributed by atoms with Crippen molar-refractivity contribution >= 4 is 160 Å². The van der Waals surface area contributed by atoms with E-state index in [0.717, 1.165) is 28.1 Å². The van der Waals surface area contributed by atoms with Gasteiger partial charge in [-0.15, -0.1) is 34.0 Å². The van der Waals surface area contributed by atoms with Crippen LogP contribution in [0.15, 0.2) is 473 Å². The molecule has 7 heterocycles. The molecule has 20 aromatic carbocycles. The van der Waals surface area contributed by atoms with Gasteiger partial charge in [0.1, 0.15) is 0 Å². The molecule has 0 radical (unpaired) electrons. The second-order valence-corrected chi connectivity index (χ2v) is 36.8. The van der Waals surface area contributed by atoms with E-state index in [1.807, 2.05) is 94.7 Å². The Bertz CT molecular complexity index is 8970. The molecule has 132 heavy (non-hydrogen) atoms. The second-order valence-electron chi connectivity index (χ2n) is 33.6. The lowest BCUT2D eigenvalue weighted by atomic mass is 9.94. The molecule has 0 N–H and O–H groups in total. The van der Waals surface area contributed by atoms with Crippen LogP contribution in [0.4, 0.5) is 0 Å². The van der Waals surface area contributed by atoms with Crippen molar-refractivity contribution in [3.8, 4) is 118 Å². The highest BCUT2D eigenvalue weighted by Crippen LogP contribution is 2.48. The van der Waals surface area contributed by atoms with Crippen LogP contribution in [0.5, 0.6) is 0 Å². The molecule has 0 unspecified atom stereocenters. The van der Waals surface area contributed by atoms with E-state index in [1.54, 1.807) is 0 Å². The molecule has 6 nitrogen and oxygen atoms in total. The highest BCUT2D eigenvalue weighted by molar-refractivity contribution is 7.27. The van der Waals surface area contributed by atoms with Crippen molar-refractivity contribution in [2.45, 2.75) is 0 Å². The minimum absolute atomic E-state index is 0.646. The Hall–Kier alpha value is -16.5. The molecule has 0 aliphatic rings. The van der Waals surface area contributed by atoms with E-state index >= 15 is 0 Å². The molecule has 7 aromatic heterocycles. The van der Waals surface area contributed by atoms with Gasteiger partial charge in [-0.1, -0.05) is 358 Å². The number of fused-ring (bicyclic) bond motifs is 20. The van der Waals surface area contributed by atoms with Crippen LogP contribution in [-0.2, 0) is 0 Å². The summed E-state index contributed by atoms with van der Waals surface area (Å²) in [5, 5.41) is 15.7. The zero-order chi connectivity index (χ0) is 87.1. The molecule has 618 valence electrons. The van der Waals surface area contributed by atoms with E-state index < -0.39 is 0 Å². The summed E-state index contributed by atoms with van der Waals surface area (Å²) in [7, 11) is 0. The van der Waals surface area contributed by atoms with Crippen molar-refractivity contribution in [2.24, 2.45) is 0 Å². The maximum Gasteiger partial charge on any atom is 0.164 e. The van der Waals surface area contributed by atoms with Gasteiger partial charge in [0.15, 0.2) is 17.5 Å². The number of para-hydroxylation sites is 3. The molecule has 0 atom stereocenters. The molecular formula is C123H78N6S3. The SMILES string of the molecule is c1ccc(-c2ccc(-c3ccc(-n4c5ccccc5c5c6sc7ccccc7c6ccc54)cc3)cc2)cc1.c1ccc(-c2cccc(-c3cc(-c4cccc(-c5ccccc5)c4)cc(-n4c5ccccc5c5cc6c(cc54)sc4ccccc46)c3)c2)cc1.c1ccc(-c2nc(-c3ccccc3)nc(-c3cccc(-n4c5ccccc5c5c6sc7ccccc7c6ccc54)c3)n2)cc1. The van der Waals surface area contributed by atoms with E-state index in [2.05, 4.69) is 426 Å². The van der Waals surface area contributed by atoms with E-state index in [1.165, 1.54) is 198 Å². The lowest BCUT2D eigenvalue weighted by molar-refractivity contribution is 1.07. The lowest BCUT2D eigenvalue weighted by Gasteiger charge is -2.15. The molecule has 27 aromatic rings. The monoisotopic (exact) mass is 1730 g/mol. The highest BCUT2D eigenvalue weighted by Gasteiger charge is 2.24. The minimum Gasteiger partial charge on any atom is -0.309 e. The van der Waals surface area contributed by atoms with Gasteiger partial charge < -0.3 is 13.7 Å². The average molecular weight is 1740 g/mol. The molecule has 0 aliphatic carbocycles. The van der Waals surface area contributed by atoms with Gasteiger partial charge in [-0.3, -0.25) is 0 Å². The van der Waals surface area contributed by atoms with E-state index in [0.29, 0.717) is 17.5 Å². The number of thiophene rings is 3. The van der Waals surface area contributed by atoms with Crippen molar-refractivity contribution < 1.29 is 0 Å². The molecule has 0 saturated carbocycles. The number of hydrogen-bond donors (Lipinski definition) is 0. The van der Waals surface area contributed by atoms with E-state index in [-0.39, 0.29) is 0 Å². The first kappa shape index (κ1) is 77.8. The zero-order valence-electron chi connectivity index (χ0n) is 71.4. The van der Waals surface area contributed by atoms with Crippen LogP contribution in [0, 0.1) is 0 Å². The van der Waals surface area contributed by atoms with Gasteiger partial charge in [0.2, 0.25) is 0 Å². The number of hydrogen-bond acceptors (Lipinski definition) is 6. The number of aromatic nitrogens is 6. The molecule has 0 bridgehead atoms. The van der Waals surface area contributed by atoms with Crippen molar-refractivity contribution in [3.05, 3.63) is 473 Å². The van der Waals surface area contributed by atoms with E-state index in [9.17, 15) is 0 Å². The topological polar surface area (TPSA) is 53.5 Å². The van der Waals surface area contributed by atoms with Crippen LogP contribution in [0.25, 0.3) is 244 Å². The van der Waals surface area contributed by atoms with Crippen LogP contribution in [-0.4, -0.2) is 28.7 Å². The smallest absolute Gasteiger partial charge is 0.164 e. The second kappa shape index (κ2) is 33.0. The molecule has 9 heteroatoms. The van der Waals surface area contributed by atoms with Gasteiger partial charge in [0.25, 0.3) is 0 Å². The predicted octanol–water partition coefficient (Wildman–Crippen LogP) is 34.6. The third-order valence-electron chi connectivity index (χ3n) is 25.8. The Morgan fingerprint density at radius 3 is 0.939 bits per heavy atom. The fraction of sp³-hybridized carbons (Fsp3) is 0. The summed E-state index contributed by atoms with van der Waals surface area (Å²) >= 11 is 5.65. The molecule has 0 saturated heterocycles. The third kappa shape index (κ3) is 13.9. The summed E-state index contributed by atoms with van der Waals surface area (Å²) in [6.45, 7) is 0. The summed E-state index contributed by atoms with van der Waals surface area (Å²) in [4.78, 5) is 14.8. The van der Waals surface area contributed by atoms with Gasteiger partial charge in [0, 0.05) is 127 Å². The van der Waals surface area contributed by atoms with Crippen LogP contribution < -0.4 is 0 Å². The first-order valence-corrected chi connectivity index (χ1v) is 47.1. The van der Waals surface area contributed by atoms with Crippen molar-refractivity contribution in [1.82, 2.24) is 28.7 Å². The van der Waals surface area contributed by atoms with E-state index in [4.69, 9.17) is 15.0 Å². The zero-order valence-corrected chi connectivity index (χ0v) is 73.9. The lowest BCUT2D eigenvalue weighted by Crippen LogP contribution is -2.01. The quantitative estimate of drug-likeness (QED) is 0.122. The molecule has 0 aliphatic heterocycles. The normalized spacial score (nSPS) is 11.6. The van der Waals surface area contributed by atoms with Crippen molar-refractivity contribution in [3.63, 3.8) is 0 Å². The fourth-order valence-corrected chi connectivity index (χ4v) is 23.2. The Labute approximate surface area is 773 Å². The predicted molar refractivity (Wildman–Crippen MR) is 563 cm³/mol. The molecule has 0 amide bonds. The first-order valence-electron chi connectivity index (χ1n) is 44.7. The van der Waals surface area contributed by atoms with Gasteiger partial charge >= 0.3 is 0 Å². The Morgan fingerprint density at radius 2 is 0.462 bits per heavy atom.